The molecule has 6 heteroatoms. The van der Waals surface area contributed by atoms with Gasteiger partial charge in [-0.15, -0.1) is 10.2 Å². The molecule has 2 N–H and O–H groups in total. The monoisotopic (exact) mass is 214 g/mol. The largest absolute Gasteiger partial charge is 0.370 e. The molecule has 5 nitrogen and oxygen atoms in total. The second kappa shape index (κ2) is 4.20. The van der Waals surface area contributed by atoms with Gasteiger partial charge in [0.25, 0.3) is 0 Å². The third kappa shape index (κ3) is 2.02. The smallest absolute Gasteiger partial charge is 0.208 e. The Hall–Kier alpha value is -0.720. The molecule has 0 radical (unpaired) electrons. The summed E-state index contributed by atoms with van der Waals surface area (Å²) in [7, 11) is 0. The van der Waals surface area contributed by atoms with E-state index in [0.29, 0.717) is 6.54 Å². The number of hydrogen-bond donors (Lipinski definition) is 1. The first-order chi connectivity index (χ1) is 6.79. The lowest BCUT2D eigenvalue weighted by molar-refractivity contribution is -0.0105. The van der Waals surface area contributed by atoms with Gasteiger partial charge in [-0.05, 0) is 6.92 Å². The highest BCUT2D eigenvalue weighted by Gasteiger charge is 2.25. The third-order valence-corrected chi connectivity index (χ3v) is 2.96. The number of rotatable bonds is 2. The first-order valence-electron chi connectivity index (χ1n) is 4.66. The van der Waals surface area contributed by atoms with Crippen LogP contribution in [0.25, 0.3) is 0 Å². The molecule has 2 atom stereocenters. The van der Waals surface area contributed by atoms with E-state index in [-0.39, 0.29) is 12.2 Å². The van der Waals surface area contributed by atoms with E-state index in [4.69, 9.17) is 10.5 Å². The van der Waals surface area contributed by atoms with Crippen LogP contribution in [0.15, 0.2) is 5.51 Å². The molecule has 1 fully saturated rings. The SMILES string of the molecule is CC1CN(c2nncs2)CC(CN)O1. The van der Waals surface area contributed by atoms with Crippen molar-refractivity contribution in [1.29, 1.82) is 0 Å². The Bertz CT molecular complexity index is 279. The summed E-state index contributed by atoms with van der Waals surface area (Å²) in [5, 5.41) is 8.83. The molecule has 1 aromatic rings. The number of nitrogens with two attached hydrogens (primary N) is 1. The van der Waals surface area contributed by atoms with Gasteiger partial charge in [0.2, 0.25) is 5.13 Å². The van der Waals surface area contributed by atoms with Crippen molar-refractivity contribution < 1.29 is 4.74 Å². The summed E-state index contributed by atoms with van der Waals surface area (Å²) in [4.78, 5) is 2.18. The van der Waals surface area contributed by atoms with E-state index < -0.39 is 0 Å². The standard InChI is InChI=1S/C8H14N4OS/c1-6-3-12(4-7(2-9)13-6)8-11-10-5-14-8/h5-7H,2-4,9H2,1H3. The maximum atomic E-state index is 5.65. The van der Waals surface area contributed by atoms with Gasteiger partial charge in [0, 0.05) is 19.6 Å². The number of ether oxygens (including phenoxy) is 1. The molecule has 0 bridgehead atoms. The fourth-order valence-corrected chi connectivity index (χ4v) is 2.22. The minimum Gasteiger partial charge on any atom is -0.370 e. The first-order valence-corrected chi connectivity index (χ1v) is 5.54. The van der Waals surface area contributed by atoms with Gasteiger partial charge >= 0.3 is 0 Å². The van der Waals surface area contributed by atoms with Crippen LogP contribution in [0, 0.1) is 0 Å². The van der Waals surface area contributed by atoms with E-state index in [2.05, 4.69) is 22.0 Å². The van der Waals surface area contributed by atoms with Gasteiger partial charge in [0.05, 0.1) is 12.2 Å². The predicted octanol–water partition coefficient (Wildman–Crippen LogP) is 0.0905. The summed E-state index contributed by atoms with van der Waals surface area (Å²) >= 11 is 1.55. The van der Waals surface area contributed by atoms with Crippen LogP contribution in [0.3, 0.4) is 0 Å². The zero-order valence-electron chi connectivity index (χ0n) is 8.09. The van der Waals surface area contributed by atoms with E-state index in [9.17, 15) is 0 Å². The van der Waals surface area contributed by atoms with Gasteiger partial charge in [-0.3, -0.25) is 0 Å². The van der Waals surface area contributed by atoms with Gasteiger partial charge < -0.3 is 15.4 Å². The summed E-state index contributed by atoms with van der Waals surface area (Å²) in [5.41, 5.74) is 7.34. The van der Waals surface area contributed by atoms with Crippen molar-refractivity contribution in [3.63, 3.8) is 0 Å². The zero-order chi connectivity index (χ0) is 9.97. The number of anilines is 1. The molecule has 1 aliphatic heterocycles. The fourth-order valence-electron chi connectivity index (χ4n) is 1.64. The molecule has 0 saturated carbocycles. The maximum Gasteiger partial charge on any atom is 0.208 e. The maximum absolute atomic E-state index is 5.65. The zero-order valence-corrected chi connectivity index (χ0v) is 8.91. The van der Waals surface area contributed by atoms with Gasteiger partial charge in [0.15, 0.2) is 0 Å². The van der Waals surface area contributed by atoms with Crippen molar-refractivity contribution in [3.05, 3.63) is 5.51 Å². The Morgan fingerprint density at radius 2 is 2.57 bits per heavy atom. The molecule has 2 unspecified atom stereocenters. The summed E-state index contributed by atoms with van der Waals surface area (Å²) in [6, 6.07) is 0. The minimum absolute atomic E-state index is 0.114. The van der Waals surface area contributed by atoms with Crippen LogP contribution in [-0.2, 0) is 4.74 Å². The third-order valence-electron chi connectivity index (χ3n) is 2.21. The van der Waals surface area contributed by atoms with E-state index in [1.165, 1.54) is 0 Å². The van der Waals surface area contributed by atoms with Gasteiger partial charge in [-0.1, -0.05) is 11.3 Å². The van der Waals surface area contributed by atoms with Crippen LogP contribution >= 0.6 is 11.3 Å². The highest BCUT2D eigenvalue weighted by Crippen LogP contribution is 2.20. The van der Waals surface area contributed by atoms with Crippen LogP contribution in [0.5, 0.6) is 0 Å². The van der Waals surface area contributed by atoms with Crippen molar-refractivity contribution >= 4 is 16.5 Å². The molecular weight excluding hydrogens is 200 g/mol. The summed E-state index contributed by atoms with van der Waals surface area (Å²) < 4.78 is 5.65. The molecule has 1 aromatic heterocycles. The predicted molar refractivity (Wildman–Crippen MR) is 55.5 cm³/mol. The van der Waals surface area contributed by atoms with Gasteiger partial charge in [-0.25, -0.2) is 0 Å². The molecule has 0 aromatic carbocycles. The normalized spacial score (nSPS) is 28.0. The molecule has 2 heterocycles. The minimum atomic E-state index is 0.114. The molecule has 78 valence electrons. The average Bonchev–Trinajstić information content (AvgIpc) is 2.69. The highest BCUT2D eigenvalue weighted by molar-refractivity contribution is 7.13. The fraction of sp³-hybridized carbons (Fsp3) is 0.750. The topological polar surface area (TPSA) is 64.3 Å². The van der Waals surface area contributed by atoms with Crippen LogP contribution in [0.4, 0.5) is 5.13 Å². The molecule has 0 amide bonds. The van der Waals surface area contributed by atoms with Crippen molar-refractivity contribution in [2.45, 2.75) is 19.1 Å². The molecule has 1 saturated heterocycles. The van der Waals surface area contributed by atoms with Gasteiger partial charge in [0.1, 0.15) is 5.51 Å². The van der Waals surface area contributed by atoms with Crippen LogP contribution in [-0.4, -0.2) is 42.0 Å². The number of nitrogens with zero attached hydrogens (tertiary/aromatic N) is 3. The van der Waals surface area contributed by atoms with Crippen LogP contribution in [0.2, 0.25) is 0 Å². The van der Waals surface area contributed by atoms with Crippen molar-refractivity contribution in [2.75, 3.05) is 24.5 Å². The van der Waals surface area contributed by atoms with Crippen LogP contribution < -0.4 is 10.6 Å². The quantitative estimate of drug-likeness (QED) is 0.756. The van der Waals surface area contributed by atoms with Gasteiger partial charge in [-0.2, -0.15) is 0 Å². The number of hydrogen-bond acceptors (Lipinski definition) is 6. The Balaban J connectivity index is 2.05. The second-order valence-electron chi connectivity index (χ2n) is 3.43. The summed E-state index contributed by atoms with van der Waals surface area (Å²) in [5.74, 6) is 0. The molecule has 1 aliphatic rings. The lowest BCUT2D eigenvalue weighted by atomic mass is 10.2. The molecule has 14 heavy (non-hydrogen) atoms. The van der Waals surface area contributed by atoms with E-state index in [0.717, 1.165) is 18.2 Å². The lowest BCUT2D eigenvalue weighted by Gasteiger charge is -2.35. The summed E-state index contributed by atoms with van der Waals surface area (Å²) in [6.45, 7) is 4.29. The Morgan fingerprint density at radius 3 is 3.21 bits per heavy atom. The lowest BCUT2D eigenvalue weighted by Crippen LogP contribution is -2.49. The van der Waals surface area contributed by atoms with E-state index in [1.807, 2.05) is 0 Å². The molecular formula is C8H14N4OS. The summed E-state index contributed by atoms with van der Waals surface area (Å²) in [6.07, 6.45) is 0.323. The first kappa shape index (κ1) is 9.82. The average molecular weight is 214 g/mol. The van der Waals surface area contributed by atoms with Crippen molar-refractivity contribution in [1.82, 2.24) is 10.2 Å². The molecule has 0 spiro atoms. The Kier molecular flexibility index (Phi) is 2.95. The number of morpholine rings is 1. The van der Waals surface area contributed by atoms with Crippen molar-refractivity contribution in [3.8, 4) is 0 Å². The van der Waals surface area contributed by atoms with Crippen LogP contribution in [0.1, 0.15) is 6.92 Å². The van der Waals surface area contributed by atoms with E-state index >= 15 is 0 Å². The molecule has 2 rings (SSSR count). The molecule has 0 aliphatic carbocycles. The Morgan fingerprint density at radius 1 is 1.71 bits per heavy atom. The van der Waals surface area contributed by atoms with Crippen molar-refractivity contribution in [2.24, 2.45) is 5.73 Å². The second-order valence-corrected chi connectivity index (χ2v) is 4.24. The Labute approximate surface area is 86.9 Å². The van der Waals surface area contributed by atoms with E-state index in [1.54, 1.807) is 16.8 Å². The number of aromatic nitrogens is 2. The highest BCUT2D eigenvalue weighted by atomic mass is 32.1.